The first-order valence-corrected chi connectivity index (χ1v) is 6.50. The highest BCUT2D eigenvalue weighted by molar-refractivity contribution is 9.09. The molecule has 1 heterocycles. The number of halogens is 2. The summed E-state index contributed by atoms with van der Waals surface area (Å²) in [5.41, 5.74) is 2.09. The van der Waals surface area contributed by atoms with E-state index in [1.807, 2.05) is 30.3 Å². The highest BCUT2D eigenvalue weighted by atomic mass is 79.9. The molecule has 2 aromatic rings. The van der Waals surface area contributed by atoms with Gasteiger partial charge in [0.25, 0.3) is 0 Å². The second-order valence-corrected chi connectivity index (χ2v) is 5.08. The van der Waals surface area contributed by atoms with Crippen molar-refractivity contribution in [3.8, 4) is 5.75 Å². The van der Waals surface area contributed by atoms with Crippen LogP contribution in [0.2, 0.25) is 5.22 Å². The molecule has 1 unspecified atom stereocenters. The molecule has 0 bridgehead atoms. The Bertz CT molecular complexity index is 496. The lowest BCUT2D eigenvalue weighted by molar-refractivity contribution is 0.409. The fourth-order valence-corrected chi connectivity index (χ4v) is 2.79. The summed E-state index contributed by atoms with van der Waals surface area (Å²) in [7, 11) is 1.67. The molecule has 1 aromatic carbocycles. The van der Waals surface area contributed by atoms with Crippen LogP contribution in [0.25, 0.3) is 0 Å². The summed E-state index contributed by atoms with van der Waals surface area (Å²) >= 11 is 9.56. The summed E-state index contributed by atoms with van der Waals surface area (Å²) < 4.78 is 10.4. The summed E-state index contributed by atoms with van der Waals surface area (Å²) in [6.07, 6.45) is 2.39. The highest BCUT2D eigenvalue weighted by Crippen LogP contribution is 2.34. The van der Waals surface area contributed by atoms with Crippen molar-refractivity contribution >= 4 is 27.5 Å². The van der Waals surface area contributed by atoms with Crippen LogP contribution in [-0.2, 0) is 6.42 Å². The largest absolute Gasteiger partial charge is 0.496 e. The van der Waals surface area contributed by atoms with Crippen LogP contribution in [0.15, 0.2) is 41.0 Å². The molecule has 2 rings (SSSR count). The van der Waals surface area contributed by atoms with Crippen LogP contribution in [0, 0.1) is 0 Å². The van der Waals surface area contributed by atoms with E-state index in [1.54, 1.807) is 13.4 Å². The van der Waals surface area contributed by atoms with E-state index in [4.69, 9.17) is 20.8 Å². The van der Waals surface area contributed by atoms with E-state index in [0.29, 0.717) is 5.22 Å². The van der Waals surface area contributed by atoms with Gasteiger partial charge in [0.2, 0.25) is 0 Å². The van der Waals surface area contributed by atoms with Crippen molar-refractivity contribution in [2.75, 3.05) is 7.11 Å². The van der Waals surface area contributed by atoms with Gasteiger partial charge in [-0.1, -0.05) is 34.1 Å². The minimum atomic E-state index is 0.116. The Morgan fingerprint density at radius 2 is 2.12 bits per heavy atom. The number of furan rings is 1. The number of ether oxygens (including phenoxy) is 1. The number of methoxy groups -OCH3 is 1. The summed E-state index contributed by atoms with van der Waals surface area (Å²) in [4.78, 5) is 0.116. The molecule has 4 heteroatoms. The van der Waals surface area contributed by atoms with Crippen LogP contribution in [-0.4, -0.2) is 7.11 Å². The number of alkyl halides is 1. The van der Waals surface area contributed by atoms with E-state index in [9.17, 15) is 0 Å². The van der Waals surface area contributed by atoms with Crippen molar-refractivity contribution in [2.24, 2.45) is 0 Å². The molecule has 0 amide bonds. The quantitative estimate of drug-likeness (QED) is 0.768. The van der Waals surface area contributed by atoms with Gasteiger partial charge in [-0.3, -0.25) is 0 Å². The maximum atomic E-state index is 5.95. The van der Waals surface area contributed by atoms with E-state index in [0.717, 1.165) is 23.3 Å². The third-order valence-corrected chi connectivity index (χ3v) is 3.70. The first-order valence-electron chi connectivity index (χ1n) is 5.21. The van der Waals surface area contributed by atoms with Gasteiger partial charge in [0.15, 0.2) is 5.22 Å². The van der Waals surface area contributed by atoms with Crippen molar-refractivity contribution in [2.45, 2.75) is 11.2 Å². The molecule has 0 aliphatic rings. The number of benzene rings is 1. The Hall–Kier alpha value is -0.930. The van der Waals surface area contributed by atoms with Crippen molar-refractivity contribution in [3.63, 3.8) is 0 Å². The van der Waals surface area contributed by atoms with Crippen molar-refractivity contribution in [3.05, 3.63) is 52.9 Å². The molecular formula is C13H12BrClO2. The Morgan fingerprint density at radius 3 is 2.76 bits per heavy atom. The van der Waals surface area contributed by atoms with Gasteiger partial charge in [-0.15, -0.1) is 0 Å². The van der Waals surface area contributed by atoms with Gasteiger partial charge in [-0.05, 0) is 35.7 Å². The van der Waals surface area contributed by atoms with Crippen LogP contribution >= 0.6 is 27.5 Å². The average Bonchev–Trinajstić information content (AvgIpc) is 2.76. The Morgan fingerprint density at radius 1 is 1.35 bits per heavy atom. The predicted molar refractivity (Wildman–Crippen MR) is 72.1 cm³/mol. The second-order valence-electron chi connectivity index (χ2n) is 3.63. The van der Waals surface area contributed by atoms with Crippen molar-refractivity contribution < 1.29 is 9.15 Å². The van der Waals surface area contributed by atoms with E-state index in [-0.39, 0.29) is 4.83 Å². The number of hydrogen-bond donors (Lipinski definition) is 0. The lowest BCUT2D eigenvalue weighted by Crippen LogP contribution is -1.97. The highest BCUT2D eigenvalue weighted by Gasteiger charge is 2.16. The van der Waals surface area contributed by atoms with Gasteiger partial charge in [-0.2, -0.15) is 0 Å². The zero-order valence-electron chi connectivity index (χ0n) is 9.32. The van der Waals surface area contributed by atoms with Crippen molar-refractivity contribution in [1.29, 1.82) is 0 Å². The fourth-order valence-electron chi connectivity index (χ4n) is 1.70. The molecule has 0 N–H and O–H groups in total. The van der Waals surface area contributed by atoms with Gasteiger partial charge in [0, 0.05) is 10.4 Å². The third kappa shape index (κ3) is 2.85. The maximum absolute atomic E-state index is 5.95. The SMILES string of the molecule is COc1ccccc1CC(Br)c1ccoc1Cl. The van der Waals surface area contributed by atoms with E-state index in [1.165, 1.54) is 0 Å². The maximum Gasteiger partial charge on any atom is 0.197 e. The van der Waals surface area contributed by atoms with Crippen LogP contribution in [0.4, 0.5) is 0 Å². The molecule has 0 radical (unpaired) electrons. The van der Waals surface area contributed by atoms with Crippen molar-refractivity contribution in [1.82, 2.24) is 0 Å². The molecule has 90 valence electrons. The molecule has 0 spiro atoms. The first-order chi connectivity index (χ1) is 8.22. The first kappa shape index (κ1) is 12.5. The molecule has 0 fully saturated rings. The monoisotopic (exact) mass is 314 g/mol. The van der Waals surface area contributed by atoms with Gasteiger partial charge in [0.1, 0.15) is 5.75 Å². The summed E-state index contributed by atoms with van der Waals surface area (Å²) in [6, 6.07) is 9.81. The molecule has 1 atom stereocenters. The van der Waals surface area contributed by atoms with Crippen LogP contribution < -0.4 is 4.74 Å². The smallest absolute Gasteiger partial charge is 0.197 e. The average molecular weight is 316 g/mol. The molecular weight excluding hydrogens is 303 g/mol. The Labute approximate surface area is 114 Å². The van der Waals surface area contributed by atoms with Gasteiger partial charge in [0.05, 0.1) is 13.4 Å². The lowest BCUT2D eigenvalue weighted by atomic mass is 10.1. The van der Waals surface area contributed by atoms with Gasteiger partial charge in [-0.25, -0.2) is 0 Å². The Balaban J connectivity index is 2.18. The molecule has 17 heavy (non-hydrogen) atoms. The van der Waals surface area contributed by atoms with Gasteiger partial charge >= 0.3 is 0 Å². The predicted octanol–water partition coefficient (Wildman–Crippen LogP) is 4.62. The summed E-state index contributed by atoms with van der Waals surface area (Å²) in [5, 5.41) is 0.432. The van der Waals surface area contributed by atoms with Gasteiger partial charge < -0.3 is 9.15 Å². The topological polar surface area (TPSA) is 22.4 Å². The minimum absolute atomic E-state index is 0.116. The van der Waals surface area contributed by atoms with E-state index >= 15 is 0 Å². The second kappa shape index (κ2) is 5.61. The van der Waals surface area contributed by atoms with E-state index in [2.05, 4.69) is 15.9 Å². The molecule has 2 nitrogen and oxygen atoms in total. The van der Waals surface area contributed by atoms with Crippen LogP contribution in [0.3, 0.4) is 0 Å². The zero-order chi connectivity index (χ0) is 12.3. The molecule has 0 aliphatic heterocycles. The molecule has 0 saturated carbocycles. The van der Waals surface area contributed by atoms with Crippen LogP contribution in [0.5, 0.6) is 5.75 Å². The molecule has 0 saturated heterocycles. The third-order valence-electron chi connectivity index (χ3n) is 2.58. The van der Waals surface area contributed by atoms with E-state index < -0.39 is 0 Å². The number of hydrogen-bond acceptors (Lipinski definition) is 2. The standard InChI is InChI=1S/C13H12BrClO2/c1-16-12-5-3-2-4-9(12)8-11(14)10-6-7-17-13(10)15/h2-7,11H,8H2,1H3. The number of para-hydroxylation sites is 1. The normalized spacial score (nSPS) is 12.4. The number of rotatable bonds is 4. The Kier molecular flexibility index (Phi) is 4.13. The van der Waals surface area contributed by atoms with Crippen LogP contribution in [0.1, 0.15) is 16.0 Å². The fraction of sp³-hybridized carbons (Fsp3) is 0.231. The summed E-state index contributed by atoms with van der Waals surface area (Å²) in [5.74, 6) is 0.886. The summed E-state index contributed by atoms with van der Waals surface area (Å²) in [6.45, 7) is 0. The lowest BCUT2D eigenvalue weighted by Gasteiger charge is -2.11. The molecule has 0 aliphatic carbocycles. The molecule has 1 aromatic heterocycles. The zero-order valence-corrected chi connectivity index (χ0v) is 11.7. The minimum Gasteiger partial charge on any atom is -0.496 e.